The molecule has 0 aliphatic heterocycles. The summed E-state index contributed by atoms with van der Waals surface area (Å²) in [5.41, 5.74) is 0.835. The average molecular weight is 201 g/mol. The first-order chi connectivity index (χ1) is 6.31. The first kappa shape index (κ1) is 10.4. The highest BCUT2D eigenvalue weighted by Crippen LogP contribution is 2.15. The van der Waals surface area contributed by atoms with Crippen molar-refractivity contribution in [2.75, 3.05) is 7.11 Å². The minimum absolute atomic E-state index is 0.0248. The molecule has 0 saturated heterocycles. The second-order valence-corrected chi connectivity index (χ2v) is 2.94. The van der Waals surface area contributed by atoms with E-state index in [9.17, 15) is 0 Å². The van der Waals surface area contributed by atoms with Crippen molar-refractivity contribution in [1.29, 1.82) is 0 Å². The number of alkyl halides is 1. The van der Waals surface area contributed by atoms with Crippen molar-refractivity contribution in [1.82, 2.24) is 9.97 Å². The van der Waals surface area contributed by atoms with Crippen LogP contribution in [0.4, 0.5) is 0 Å². The van der Waals surface area contributed by atoms with Gasteiger partial charge in [-0.05, 0) is 12.5 Å². The van der Waals surface area contributed by atoms with Gasteiger partial charge < -0.3 is 4.74 Å². The van der Waals surface area contributed by atoms with Crippen LogP contribution in [0.3, 0.4) is 0 Å². The van der Waals surface area contributed by atoms with Gasteiger partial charge in [-0.25, -0.2) is 9.97 Å². The molecule has 0 spiro atoms. The van der Waals surface area contributed by atoms with Crippen molar-refractivity contribution in [2.24, 2.45) is 0 Å². The fourth-order valence-electron chi connectivity index (χ4n) is 1.10. The van der Waals surface area contributed by atoms with Crippen LogP contribution in [-0.2, 0) is 10.6 Å². The molecule has 0 saturated carbocycles. The minimum atomic E-state index is -0.0248. The summed E-state index contributed by atoms with van der Waals surface area (Å²) in [5, 5.41) is 0. The largest absolute Gasteiger partial charge is 0.373 e. The van der Waals surface area contributed by atoms with E-state index in [1.807, 2.05) is 6.92 Å². The van der Waals surface area contributed by atoms with Gasteiger partial charge in [-0.3, -0.25) is 0 Å². The maximum absolute atomic E-state index is 5.66. The van der Waals surface area contributed by atoms with E-state index in [0.717, 1.165) is 12.1 Å². The van der Waals surface area contributed by atoms with Crippen LogP contribution in [0.5, 0.6) is 0 Å². The fourth-order valence-corrected chi connectivity index (χ4v) is 1.25. The van der Waals surface area contributed by atoms with Gasteiger partial charge in [-0.1, -0.05) is 6.92 Å². The lowest BCUT2D eigenvalue weighted by Crippen LogP contribution is -2.06. The van der Waals surface area contributed by atoms with Crippen molar-refractivity contribution < 1.29 is 4.74 Å². The Balaban J connectivity index is 2.86. The van der Waals surface area contributed by atoms with Crippen molar-refractivity contribution >= 4 is 11.6 Å². The molecule has 0 amide bonds. The van der Waals surface area contributed by atoms with E-state index < -0.39 is 0 Å². The molecule has 1 atom stereocenters. The number of methoxy groups -OCH3 is 1. The highest BCUT2D eigenvalue weighted by molar-refractivity contribution is 6.16. The molecule has 13 heavy (non-hydrogen) atoms. The van der Waals surface area contributed by atoms with E-state index >= 15 is 0 Å². The molecule has 1 aromatic heterocycles. The molecule has 0 fully saturated rings. The lowest BCUT2D eigenvalue weighted by atomic mass is 10.2. The van der Waals surface area contributed by atoms with E-state index in [1.54, 1.807) is 19.4 Å². The summed E-state index contributed by atoms with van der Waals surface area (Å²) in [6.45, 7) is 2.03. The molecular weight excluding hydrogens is 188 g/mol. The molecule has 0 aliphatic rings. The maximum Gasteiger partial charge on any atom is 0.157 e. The summed E-state index contributed by atoms with van der Waals surface area (Å²) in [6.07, 6.45) is 2.55. The SMILES string of the molecule is CCC(OC)c1nccc(CCl)n1. The topological polar surface area (TPSA) is 35.0 Å². The Morgan fingerprint density at radius 1 is 1.62 bits per heavy atom. The van der Waals surface area contributed by atoms with Gasteiger partial charge in [0.05, 0.1) is 11.6 Å². The molecule has 3 nitrogen and oxygen atoms in total. The molecule has 0 N–H and O–H groups in total. The van der Waals surface area contributed by atoms with Gasteiger partial charge in [0.25, 0.3) is 0 Å². The van der Waals surface area contributed by atoms with Gasteiger partial charge in [0.2, 0.25) is 0 Å². The zero-order valence-corrected chi connectivity index (χ0v) is 8.58. The molecule has 0 aromatic carbocycles. The van der Waals surface area contributed by atoms with Crippen LogP contribution < -0.4 is 0 Å². The van der Waals surface area contributed by atoms with Crippen LogP contribution in [0.2, 0.25) is 0 Å². The Bertz CT molecular complexity index is 264. The standard InChI is InChI=1S/C9H13ClN2O/c1-3-8(13-2)9-11-5-4-7(6-10)12-9/h4-5,8H,3,6H2,1-2H3. The third-order valence-electron chi connectivity index (χ3n) is 1.81. The lowest BCUT2D eigenvalue weighted by Gasteiger charge is -2.11. The van der Waals surface area contributed by atoms with Gasteiger partial charge in [0, 0.05) is 13.3 Å². The summed E-state index contributed by atoms with van der Waals surface area (Å²) in [6, 6.07) is 1.80. The Morgan fingerprint density at radius 3 is 2.92 bits per heavy atom. The second-order valence-electron chi connectivity index (χ2n) is 2.67. The van der Waals surface area contributed by atoms with Crippen LogP contribution in [0.25, 0.3) is 0 Å². The van der Waals surface area contributed by atoms with E-state index in [0.29, 0.717) is 11.7 Å². The Labute approximate surface area is 83.1 Å². The van der Waals surface area contributed by atoms with Crippen molar-refractivity contribution in [3.63, 3.8) is 0 Å². The zero-order chi connectivity index (χ0) is 9.68. The summed E-state index contributed by atoms with van der Waals surface area (Å²) >= 11 is 5.66. The Morgan fingerprint density at radius 2 is 2.38 bits per heavy atom. The van der Waals surface area contributed by atoms with Crippen LogP contribution in [0, 0.1) is 0 Å². The van der Waals surface area contributed by atoms with Gasteiger partial charge in [-0.2, -0.15) is 0 Å². The maximum atomic E-state index is 5.66. The molecule has 0 aliphatic carbocycles. The van der Waals surface area contributed by atoms with Crippen LogP contribution in [0.1, 0.15) is 31.0 Å². The van der Waals surface area contributed by atoms with Gasteiger partial charge in [0.1, 0.15) is 6.10 Å². The van der Waals surface area contributed by atoms with Crippen LogP contribution >= 0.6 is 11.6 Å². The molecule has 1 rings (SSSR count). The molecule has 4 heteroatoms. The van der Waals surface area contributed by atoms with Gasteiger partial charge in [0.15, 0.2) is 5.82 Å². The van der Waals surface area contributed by atoms with Gasteiger partial charge >= 0.3 is 0 Å². The molecule has 0 radical (unpaired) electrons. The molecule has 1 heterocycles. The second kappa shape index (κ2) is 5.14. The quantitative estimate of drug-likeness (QED) is 0.700. The Kier molecular flexibility index (Phi) is 4.12. The predicted molar refractivity (Wildman–Crippen MR) is 51.6 cm³/mol. The number of ether oxygens (including phenoxy) is 1. The molecule has 0 bridgehead atoms. The highest BCUT2D eigenvalue weighted by atomic mass is 35.5. The number of rotatable bonds is 4. The number of hydrogen-bond donors (Lipinski definition) is 0. The molecular formula is C9H13ClN2O. The highest BCUT2D eigenvalue weighted by Gasteiger charge is 2.10. The van der Waals surface area contributed by atoms with E-state index in [1.165, 1.54) is 0 Å². The third-order valence-corrected chi connectivity index (χ3v) is 2.09. The lowest BCUT2D eigenvalue weighted by molar-refractivity contribution is 0.0924. The van der Waals surface area contributed by atoms with Crippen molar-refractivity contribution in [3.8, 4) is 0 Å². The number of hydrogen-bond acceptors (Lipinski definition) is 3. The third kappa shape index (κ3) is 2.64. The number of halogens is 1. The first-order valence-electron chi connectivity index (χ1n) is 4.22. The van der Waals surface area contributed by atoms with Crippen molar-refractivity contribution in [3.05, 3.63) is 23.8 Å². The van der Waals surface area contributed by atoms with Crippen molar-refractivity contribution in [2.45, 2.75) is 25.3 Å². The number of aromatic nitrogens is 2. The summed E-state index contributed by atoms with van der Waals surface area (Å²) in [7, 11) is 1.66. The predicted octanol–water partition coefficient (Wildman–Crippen LogP) is 2.31. The summed E-state index contributed by atoms with van der Waals surface area (Å²) in [5.74, 6) is 1.12. The van der Waals surface area contributed by atoms with Crippen LogP contribution in [-0.4, -0.2) is 17.1 Å². The van der Waals surface area contributed by atoms with E-state index in [2.05, 4.69) is 9.97 Å². The van der Waals surface area contributed by atoms with E-state index in [4.69, 9.17) is 16.3 Å². The normalized spacial score (nSPS) is 12.8. The van der Waals surface area contributed by atoms with Crippen LogP contribution in [0.15, 0.2) is 12.3 Å². The summed E-state index contributed by atoms with van der Waals surface area (Å²) in [4.78, 5) is 8.40. The molecule has 1 aromatic rings. The Hall–Kier alpha value is -0.670. The average Bonchev–Trinajstić information content (AvgIpc) is 2.20. The zero-order valence-electron chi connectivity index (χ0n) is 7.83. The summed E-state index contributed by atoms with van der Waals surface area (Å²) < 4.78 is 5.22. The van der Waals surface area contributed by atoms with Gasteiger partial charge in [-0.15, -0.1) is 11.6 Å². The number of nitrogens with zero attached hydrogens (tertiary/aromatic N) is 2. The molecule has 72 valence electrons. The monoisotopic (exact) mass is 200 g/mol. The first-order valence-corrected chi connectivity index (χ1v) is 4.75. The fraction of sp³-hybridized carbons (Fsp3) is 0.556. The van der Waals surface area contributed by atoms with E-state index in [-0.39, 0.29) is 6.10 Å². The molecule has 1 unspecified atom stereocenters. The minimum Gasteiger partial charge on any atom is -0.373 e. The smallest absolute Gasteiger partial charge is 0.157 e.